The number of carbonyl (C=O) groups is 1. The number of hydrogen-bond donors (Lipinski definition) is 0. The van der Waals surface area contributed by atoms with Crippen molar-refractivity contribution in [1.29, 1.82) is 0 Å². The second-order valence-corrected chi connectivity index (χ2v) is 7.71. The van der Waals surface area contributed by atoms with Crippen molar-refractivity contribution in [3.8, 4) is 16.5 Å². The fourth-order valence-electron chi connectivity index (χ4n) is 3.42. The first kappa shape index (κ1) is 18.4. The number of aromatic nitrogens is 2. The highest BCUT2D eigenvalue weighted by molar-refractivity contribution is 7.13. The second-order valence-electron chi connectivity index (χ2n) is 6.76. The highest BCUT2D eigenvalue weighted by Gasteiger charge is 2.28. The lowest BCUT2D eigenvalue weighted by Crippen LogP contribution is -2.54. The standard InChI is InChI=1S/C21H22N4O2S/c1-15-14-24(17-5-7-18(27-2)8-6-17)9-10-25(15)21(26)16-12-22-20(23-13-16)19-4-3-11-28-19/h3-8,11-13,15H,9-10,14H2,1-2H3/t15-/m0/s1. The van der Waals surface area contributed by atoms with E-state index in [2.05, 4.69) is 33.9 Å². The molecule has 28 heavy (non-hydrogen) atoms. The van der Waals surface area contributed by atoms with E-state index in [9.17, 15) is 4.79 Å². The third-order valence-electron chi connectivity index (χ3n) is 4.97. The molecule has 0 spiro atoms. The minimum absolute atomic E-state index is 0.0142. The first-order valence-electron chi connectivity index (χ1n) is 9.21. The summed E-state index contributed by atoms with van der Waals surface area (Å²) in [5, 5.41) is 1.99. The minimum atomic E-state index is -0.0142. The number of hydrogen-bond acceptors (Lipinski definition) is 6. The Balaban J connectivity index is 1.43. The van der Waals surface area contributed by atoms with E-state index in [-0.39, 0.29) is 11.9 Å². The summed E-state index contributed by atoms with van der Waals surface area (Å²) in [6.07, 6.45) is 3.26. The molecule has 1 atom stereocenters. The molecule has 0 aliphatic carbocycles. The summed E-state index contributed by atoms with van der Waals surface area (Å²) in [6, 6.07) is 12.1. The smallest absolute Gasteiger partial charge is 0.257 e. The van der Waals surface area contributed by atoms with Gasteiger partial charge in [0.2, 0.25) is 0 Å². The Bertz CT molecular complexity index is 926. The molecule has 1 amide bonds. The number of thiophene rings is 1. The number of amides is 1. The molecule has 4 rings (SSSR count). The van der Waals surface area contributed by atoms with Gasteiger partial charge in [0.05, 0.1) is 17.6 Å². The largest absolute Gasteiger partial charge is 0.497 e. The predicted octanol–water partition coefficient (Wildman–Crippen LogP) is 3.56. The molecule has 1 saturated heterocycles. The Hall–Kier alpha value is -2.93. The molecule has 0 saturated carbocycles. The third-order valence-corrected chi connectivity index (χ3v) is 5.83. The van der Waals surface area contributed by atoms with E-state index in [1.807, 2.05) is 34.5 Å². The van der Waals surface area contributed by atoms with E-state index < -0.39 is 0 Å². The summed E-state index contributed by atoms with van der Waals surface area (Å²) in [5.41, 5.74) is 1.67. The maximum atomic E-state index is 12.9. The molecule has 3 aromatic rings. The monoisotopic (exact) mass is 394 g/mol. The Kier molecular flexibility index (Phi) is 5.25. The van der Waals surface area contributed by atoms with Gasteiger partial charge in [-0.25, -0.2) is 9.97 Å². The average Bonchev–Trinajstić information content (AvgIpc) is 3.28. The van der Waals surface area contributed by atoms with Crippen LogP contribution in [0.1, 0.15) is 17.3 Å². The zero-order valence-corrected chi connectivity index (χ0v) is 16.7. The Labute approximate surface area is 168 Å². The number of methoxy groups -OCH3 is 1. The van der Waals surface area contributed by atoms with Crippen LogP contribution in [0, 0.1) is 0 Å². The number of carbonyl (C=O) groups excluding carboxylic acids is 1. The fraction of sp³-hybridized carbons (Fsp3) is 0.286. The summed E-state index contributed by atoms with van der Waals surface area (Å²) in [5.74, 6) is 1.49. The third kappa shape index (κ3) is 3.71. The van der Waals surface area contributed by atoms with Gasteiger partial charge in [-0.15, -0.1) is 11.3 Å². The molecule has 144 valence electrons. The van der Waals surface area contributed by atoms with Crippen LogP contribution in [-0.2, 0) is 0 Å². The maximum Gasteiger partial charge on any atom is 0.257 e. The van der Waals surface area contributed by atoms with Crippen LogP contribution in [0.2, 0.25) is 0 Å². The molecular formula is C21H22N4O2S. The average molecular weight is 395 g/mol. The van der Waals surface area contributed by atoms with Gasteiger partial charge in [-0.3, -0.25) is 4.79 Å². The number of rotatable bonds is 4. The van der Waals surface area contributed by atoms with Crippen molar-refractivity contribution in [1.82, 2.24) is 14.9 Å². The fourth-order valence-corrected chi connectivity index (χ4v) is 4.10. The van der Waals surface area contributed by atoms with E-state index in [1.165, 1.54) is 0 Å². The van der Waals surface area contributed by atoms with Crippen molar-refractivity contribution < 1.29 is 9.53 Å². The molecule has 1 aliphatic rings. The normalized spacial score (nSPS) is 16.9. The van der Waals surface area contributed by atoms with Crippen LogP contribution >= 0.6 is 11.3 Å². The van der Waals surface area contributed by atoms with Gasteiger partial charge in [0, 0.05) is 43.8 Å². The van der Waals surface area contributed by atoms with E-state index in [0.29, 0.717) is 17.9 Å². The molecule has 0 unspecified atom stereocenters. The van der Waals surface area contributed by atoms with Crippen LogP contribution in [0.5, 0.6) is 5.75 Å². The topological polar surface area (TPSA) is 58.6 Å². The lowest BCUT2D eigenvalue weighted by Gasteiger charge is -2.41. The summed E-state index contributed by atoms with van der Waals surface area (Å²) >= 11 is 1.59. The van der Waals surface area contributed by atoms with Crippen molar-refractivity contribution in [3.05, 3.63) is 59.7 Å². The van der Waals surface area contributed by atoms with Crippen LogP contribution in [-0.4, -0.2) is 53.6 Å². The molecule has 3 heterocycles. The highest BCUT2D eigenvalue weighted by Crippen LogP contribution is 2.24. The highest BCUT2D eigenvalue weighted by atomic mass is 32.1. The Morgan fingerprint density at radius 1 is 1.14 bits per heavy atom. The van der Waals surface area contributed by atoms with Crippen molar-refractivity contribution in [2.75, 3.05) is 31.6 Å². The van der Waals surface area contributed by atoms with Gasteiger partial charge in [0.15, 0.2) is 5.82 Å². The molecule has 1 aliphatic heterocycles. The number of ether oxygens (including phenoxy) is 1. The quantitative estimate of drug-likeness (QED) is 0.677. The first-order valence-corrected chi connectivity index (χ1v) is 10.1. The molecule has 0 bridgehead atoms. The first-order chi connectivity index (χ1) is 13.7. The maximum absolute atomic E-state index is 12.9. The van der Waals surface area contributed by atoms with E-state index in [4.69, 9.17) is 4.74 Å². The van der Waals surface area contributed by atoms with Gasteiger partial charge in [0.25, 0.3) is 5.91 Å². The number of anilines is 1. The zero-order chi connectivity index (χ0) is 19.5. The van der Waals surface area contributed by atoms with Crippen molar-refractivity contribution in [2.45, 2.75) is 13.0 Å². The van der Waals surface area contributed by atoms with Crippen LogP contribution in [0.4, 0.5) is 5.69 Å². The second kappa shape index (κ2) is 7.98. The van der Waals surface area contributed by atoms with Crippen LogP contribution < -0.4 is 9.64 Å². The van der Waals surface area contributed by atoms with Crippen molar-refractivity contribution in [3.63, 3.8) is 0 Å². The summed E-state index contributed by atoms with van der Waals surface area (Å²) in [6.45, 7) is 4.32. The lowest BCUT2D eigenvalue weighted by atomic mass is 10.1. The summed E-state index contributed by atoms with van der Waals surface area (Å²) in [4.78, 5) is 26.9. The van der Waals surface area contributed by atoms with E-state index in [0.717, 1.165) is 29.4 Å². The Morgan fingerprint density at radius 2 is 1.89 bits per heavy atom. The van der Waals surface area contributed by atoms with Crippen LogP contribution in [0.3, 0.4) is 0 Å². The van der Waals surface area contributed by atoms with Crippen molar-refractivity contribution in [2.24, 2.45) is 0 Å². The number of nitrogens with zero attached hydrogens (tertiary/aromatic N) is 4. The minimum Gasteiger partial charge on any atom is -0.497 e. The molecule has 2 aromatic heterocycles. The molecule has 0 N–H and O–H groups in total. The van der Waals surface area contributed by atoms with E-state index in [1.54, 1.807) is 30.8 Å². The van der Waals surface area contributed by atoms with Gasteiger partial charge >= 0.3 is 0 Å². The van der Waals surface area contributed by atoms with Crippen molar-refractivity contribution >= 4 is 22.9 Å². The molecule has 1 fully saturated rings. The molecular weight excluding hydrogens is 372 g/mol. The summed E-state index contributed by atoms with van der Waals surface area (Å²) in [7, 11) is 1.66. The molecule has 6 nitrogen and oxygen atoms in total. The number of benzene rings is 1. The predicted molar refractivity (Wildman–Crippen MR) is 111 cm³/mol. The summed E-state index contributed by atoms with van der Waals surface area (Å²) < 4.78 is 5.22. The van der Waals surface area contributed by atoms with E-state index >= 15 is 0 Å². The van der Waals surface area contributed by atoms with Gasteiger partial charge in [0.1, 0.15) is 5.75 Å². The van der Waals surface area contributed by atoms with Crippen LogP contribution in [0.25, 0.3) is 10.7 Å². The van der Waals surface area contributed by atoms with Gasteiger partial charge < -0.3 is 14.5 Å². The van der Waals surface area contributed by atoms with Gasteiger partial charge in [-0.2, -0.15) is 0 Å². The Morgan fingerprint density at radius 3 is 2.50 bits per heavy atom. The SMILES string of the molecule is COc1ccc(N2CCN(C(=O)c3cnc(-c4cccs4)nc3)[C@@H](C)C2)cc1. The number of piperazine rings is 1. The molecule has 7 heteroatoms. The molecule has 1 aromatic carbocycles. The van der Waals surface area contributed by atoms with Gasteiger partial charge in [-0.05, 0) is 42.6 Å². The van der Waals surface area contributed by atoms with Gasteiger partial charge in [-0.1, -0.05) is 6.07 Å². The van der Waals surface area contributed by atoms with Crippen LogP contribution in [0.15, 0.2) is 54.2 Å². The lowest BCUT2D eigenvalue weighted by molar-refractivity contribution is 0.0673. The zero-order valence-electron chi connectivity index (χ0n) is 15.9. The molecule has 0 radical (unpaired) electrons.